The number of carbonyl (C=O) groups excluding carboxylic acids is 2. The molecule has 6 heteroatoms. The van der Waals surface area contributed by atoms with Gasteiger partial charge in [-0.2, -0.15) is 0 Å². The first-order chi connectivity index (χ1) is 13.6. The second-order valence-electron chi connectivity index (χ2n) is 7.43. The number of carbonyl (C=O) groups is 2. The summed E-state index contributed by atoms with van der Waals surface area (Å²) in [6, 6.07) is 12.0. The Balaban J connectivity index is 1.49. The van der Waals surface area contributed by atoms with E-state index in [4.69, 9.17) is 0 Å². The molecule has 2 heterocycles. The number of para-hydroxylation sites is 1. The Bertz CT molecular complexity index is 896. The molecule has 3 N–H and O–H groups in total. The number of fused-ring (bicyclic) bond motifs is 1. The first-order valence-corrected chi connectivity index (χ1v) is 9.86. The van der Waals surface area contributed by atoms with Crippen LogP contribution in [0, 0.1) is 0 Å². The third-order valence-electron chi connectivity index (χ3n) is 5.54. The van der Waals surface area contributed by atoms with Crippen molar-refractivity contribution in [2.75, 3.05) is 18.4 Å². The van der Waals surface area contributed by atoms with Gasteiger partial charge in [-0.05, 0) is 67.6 Å². The van der Waals surface area contributed by atoms with Crippen LogP contribution in [0.25, 0.3) is 0 Å². The third-order valence-corrected chi connectivity index (χ3v) is 5.54. The van der Waals surface area contributed by atoms with Gasteiger partial charge >= 0.3 is 0 Å². The largest absolute Gasteiger partial charge is 0.507 e. The molecule has 2 aliphatic rings. The predicted molar refractivity (Wildman–Crippen MR) is 107 cm³/mol. The third kappa shape index (κ3) is 3.73. The first kappa shape index (κ1) is 18.5. The van der Waals surface area contributed by atoms with Crippen molar-refractivity contribution < 1.29 is 14.7 Å². The summed E-state index contributed by atoms with van der Waals surface area (Å²) in [7, 11) is 0. The van der Waals surface area contributed by atoms with Crippen molar-refractivity contribution in [1.29, 1.82) is 0 Å². The van der Waals surface area contributed by atoms with Crippen LogP contribution < -0.4 is 10.6 Å². The highest BCUT2D eigenvalue weighted by atomic mass is 16.3. The van der Waals surface area contributed by atoms with Gasteiger partial charge in [0, 0.05) is 18.8 Å². The van der Waals surface area contributed by atoms with Gasteiger partial charge in [-0.15, -0.1) is 0 Å². The molecule has 146 valence electrons. The van der Waals surface area contributed by atoms with Gasteiger partial charge in [0.1, 0.15) is 11.8 Å². The van der Waals surface area contributed by atoms with Gasteiger partial charge in [0.2, 0.25) is 5.91 Å². The zero-order valence-electron chi connectivity index (χ0n) is 15.8. The molecule has 0 bridgehead atoms. The smallest absolute Gasteiger partial charge is 0.258 e. The van der Waals surface area contributed by atoms with E-state index in [0.717, 1.165) is 38.0 Å². The fourth-order valence-corrected chi connectivity index (χ4v) is 4.06. The van der Waals surface area contributed by atoms with Crippen LogP contribution in [0.1, 0.15) is 40.7 Å². The van der Waals surface area contributed by atoms with Gasteiger partial charge in [-0.3, -0.25) is 9.59 Å². The maximum atomic E-state index is 12.9. The van der Waals surface area contributed by atoms with E-state index in [2.05, 4.69) is 16.7 Å². The van der Waals surface area contributed by atoms with Crippen molar-refractivity contribution in [3.63, 3.8) is 0 Å². The number of hydrogen-bond acceptors (Lipinski definition) is 4. The Labute approximate surface area is 164 Å². The van der Waals surface area contributed by atoms with Crippen LogP contribution in [0.2, 0.25) is 0 Å². The molecule has 2 aliphatic heterocycles. The number of aromatic hydroxyl groups is 1. The number of amides is 2. The second-order valence-corrected chi connectivity index (χ2v) is 7.43. The number of aryl methyl sites for hydroxylation is 1. The molecule has 6 nitrogen and oxygen atoms in total. The average molecular weight is 379 g/mol. The minimum Gasteiger partial charge on any atom is -0.507 e. The van der Waals surface area contributed by atoms with E-state index in [1.54, 1.807) is 23.1 Å². The monoisotopic (exact) mass is 379 g/mol. The van der Waals surface area contributed by atoms with Gasteiger partial charge in [-0.25, -0.2) is 0 Å². The van der Waals surface area contributed by atoms with Gasteiger partial charge < -0.3 is 20.6 Å². The summed E-state index contributed by atoms with van der Waals surface area (Å²) in [5, 5.41) is 16.4. The summed E-state index contributed by atoms with van der Waals surface area (Å²) in [5.41, 5.74) is 3.52. The lowest BCUT2D eigenvalue weighted by atomic mass is 10.0. The fourth-order valence-electron chi connectivity index (χ4n) is 4.06. The van der Waals surface area contributed by atoms with Gasteiger partial charge in [0.25, 0.3) is 5.91 Å². The van der Waals surface area contributed by atoms with E-state index in [9.17, 15) is 14.7 Å². The normalized spacial score (nSPS) is 19.0. The minimum atomic E-state index is -0.524. The molecule has 2 aromatic rings. The molecule has 2 amide bonds. The first-order valence-electron chi connectivity index (χ1n) is 9.86. The van der Waals surface area contributed by atoms with E-state index in [-0.39, 0.29) is 23.1 Å². The number of nitrogens with one attached hydrogen (secondary N) is 2. The Hall–Kier alpha value is -2.86. The fraction of sp³-hybridized carbons (Fsp3) is 0.364. The Kier molecular flexibility index (Phi) is 5.30. The van der Waals surface area contributed by atoms with Crippen LogP contribution in [0.3, 0.4) is 0 Å². The number of phenols is 1. The summed E-state index contributed by atoms with van der Waals surface area (Å²) in [5.74, 6) is -0.540. The predicted octanol–water partition coefficient (Wildman–Crippen LogP) is 2.67. The Morgan fingerprint density at radius 1 is 1.11 bits per heavy atom. The molecular weight excluding hydrogens is 354 g/mol. The summed E-state index contributed by atoms with van der Waals surface area (Å²) in [4.78, 5) is 27.3. The van der Waals surface area contributed by atoms with Gasteiger partial charge in [-0.1, -0.05) is 18.2 Å². The molecule has 0 aromatic heterocycles. The lowest BCUT2D eigenvalue weighted by Gasteiger charge is -2.24. The zero-order valence-corrected chi connectivity index (χ0v) is 15.8. The Morgan fingerprint density at radius 3 is 2.82 bits per heavy atom. The lowest BCUT2D eigenvalue weighted by molar-refractivity contribution is -0.119. The van der Waals surface area contributed by atoms with Crippen LogP contribution in [-0.2, 0) is 17.8 Å². The molecule has 0 aliphatic carbocycles. The molecule has 28 heavy (non-hydrogen) atoms. The molecule has 4 rings (SSSR count). The number of likely N-dealkylation sites (tertiary alicyclic amines) is 1. The summed E-state index contributed by atoms with van der Waals surface area (Å²) >= 11 is 0. The van der Waals surface area contributed by atoms with E-state index in [1.807, 2.05) is 12.1 Å². The summed E-state index contributed by atoms with van der Waals surface area (Å²) < 4.78 is 0. The van der Waals surface area contributed by atoms with E-state index < -0.39 is 6.04 Å². The molecular formula is C22H25N3O3. The highest BCUT2D eigenvalue weighted by Crippen LogP contribution is 2.26. The topological polar surface area (TPSA) is 81.7 Å². The van der Waals surface area contributed by atoms with E-state index in [0.29, 0.717) is 13.0 Å². The average Bonchev–Trinajstić information content (AvgIpc) is 3.07. The maximum absolute atomic E-state index is 12.9. The van der Waals surface area contributed by atoms with E-state index >= 15 is 0 Å². The maximum Gasteiger partial charge on any atom is 0.258 e. The molecule has 1 saturated heterocycles. The Morgan fingerprint density at radius 2 is 1.96 bits per heavy atom. The lowest BCUT2D eigenvalue weighted by Crippen LogP contribution is -2.43. The number of hydrogen-bond donors (Lipinski definition) is 3. The number of benzene rings is 2. The molecule has 0 radical (unpaired) electrons. The summed E-state index contributed by atoms with van der Waals surface area (Å²) in [6.45, 7) is 2.32. The number of anilines is 1. The van der Waals surface area contributed by atoms with Crippen LogP contribution in [-0.4, -0.2) is 41.0 Å². The number of rotatable bonds is 3. The number of phenolic OH excluding ortho intramolecular Hbond substituents is 1. The van der Waals surface area contributed by atoms with Crippen LogP contribution >= 0.6 is 0 Å². The van der Waals surface area contributed by atoms with Crippen molar-refractivity contribution in [1.82, 2.24) is 10.2 Å². The van der Waals surface area contributed by atoms with Gasteiger partial charge in [0.15, 0.2) is 0 Å². The van der Waals surface area contributed by atoms with Crippen LogP contribution in [0.5, 0.6) is 5.75 Å². The highest BCUT2D eigenvalue weighted by molar-refractivity contribution is 6.02. The van der Waals surface area contributed by atoms with Gasteiger partial charge in [0.05, 0.1) is 5.56 Å². The van der Waals surface area contributed by atoms with Crippen molar-refractivity contribution in [3.8, 4) is 5.75 Å². The van der Waals surface area contributed by atoms with Crippen LogP contribution in [0.4, 0.5) is 5.69 Å². The minimum absolute atomic E-state index is 0.0585. The quantitative estimate of drug-likeness (QED) is 0.766. The SMILES string of the molecule is O=C(Nc1ccc2c(c1)CNCCC2)C1CCCN1C(=O)c1ccccc1O. The zero-order chi connectivity index (χ0) is 19.5. The molecule has 0 spiro atoms. The molecule has 2 aromatic carbocycles. The van der Waals surface area contributed by atoms with Crippen molar-refractivity contribution in [2.45, 2.75) is 38.3 Å². The standard InChI is InChI=1S/C22H25N3O3/c26-20-8-2-1-6-18(20)22(28)25-12-4-7-19(25)21(27)24-17-10-9-15-5-3-11-23-14-16(15)13-17/h1-2,6,8-10,13,19,23,26H,3-5,7,11-12,14H2,(H,24,27). The van der Waals surface area contributed by atoms with Crippen molar-refractivity contribution >= 4 is 17.5 Å². The molecule has 1 fully saturated rings. The second kappa shape index (κ2) is 8.02. The number of nitrogens with zero attached hydrogens (tertiary/aromatic N) is 1. The van der Waals surface area contributed by atoms with Crippen molar-refractivity contribution in [3.05, 3.63) is 59.2 Å². The van der Waals surface area contributed by atoms with Crippen molar-refractivity contribution in [2.24, 2.45) is 0 Å². The molecule has 1 unspecified atom stereocenters. The molecule has 0 saturated carbocycles. The summed E-state index contributed by atoms with van der Waals surface area (Å²) in [6.07, 6.45) is 3.55. The highest BCUT2D eigenvalue weighted by Gasteiger charge is 2.35. The molecule has 1 atom stereocenters. The van der Waals surface area contributed by atoms with Crippen LogP contribution in [0.15, 0.2) is 42.5 Å². The van der Waals surface area contributed by atoms with E-state index in [1.165, 1.54) is 17.2 Å².